The van der Waals surface area contributed by atoms with Crippen LogP contribution in [0.1, 0.15) is 70.9 Å². The van der Waals surface area contributed by atoms with Crippen LogP contribution < -0.4 is 9.47 Å². The zero-order chi connectivity index (χ0) is 19.7. The Morgan fingerprint density at radius 1 is 0.821 bits per heavy atom. The van der Waals surface area contributed by atoms with Gasteiger partial charge in [0.25, 0.3) is 0 Å². The molecule has 2 atom stereocenters. The van der Waals surface area contributed by atoms with Gasteiger partial charge in [0.05, 0.1) is 14.2 Å². The van der Waals surface area contributed by atoms with Crippen LogP contribution in [0.3, 0.4) is 0 Å². The van der Waals surface area contributed by atoms with Gasteiger partial charge in [-0.25, -0.2) is 0 Å². The minimum atomic E-state index is 0.462. The summed E-state index contributed by atoms with van der Waals surface area (Å²) >= 11 is 0. The fourth-order valence-corrected chi connectivity index (χ4v) is 4.97. The number of aryl methyl sites for hydroxylation is 2. The topological polar surface area (TPSA) is 18.5 Å². The summed E-state index contributed by atoms with van der Waals surface area (Å²) in [6.07, 6.45) is 10.8. The van der Waals surface area contributed by atoms with Crippen molar-refractivity contribution in [2.24, 2.45) is 0 Å². The summed E-state index contributed by atoms with van der Waals surface area (Å²) in [5.41, 5.74) is 7.80. The molecule has 1 fully saturated rings. The molecule has 28 heavy (non-hydrogen) atoms. The fraction of sp³-hybridized carbons (Fsp3) is 0.385. The molecule has 0 saturated heterocycles. The quantitative estimate of drug-likeness (QED) is 0.606. The summed E-state index contributed by atoms with van der Waals surface area (Å²) in [6.45, 7) is 8.05. The molecule has 0 aromatic heterocycles. The molecular weight excluding hydrogens is 344 g/mol. The number of hydrogen-bond acceptors (Lipinski definition) is 2. The first kappa shape index (κ1) is 18.9. The van der Waals surface area contributed by atoms with Gasteiger partial charge in [-0.05, 0) is 90.3 Å². The van der Waals surface area contributed by atoms with Crippen molar-refractivity contribution in [2.75, 3.05) is 14.2 Å². The molecule has 2 aliphatic carbocycles. The maximum absolute atomic E-state index is 5.86. The molecule has 2 unspecified atom stereocenters. The van der Waals surface area contributed by atoms with Crippen LogP contribution in [0, 0.1) is 0 Å². The van der Waals surface area contributed by atoms with Crippen LogP contribution in [0.2, 0.25) is 0 Å². The molecule has 2 aromatic carbocycles. The number of hydrogen-bond donors (Lipinski definition) is 0. The van der Waals surface area contributed by atoms with E-state index in [0.717, 1.165) is 29.9 Å². The molecule has 2 aromatic rings. The second-order valence-corrected chi connectivity index (χ2v) is 8.01. The van der Waals surface area contributed by atoms with E-state index in [0.29, 0.717) is 11.8 Å². The maximum Gasteiger partial charge on any atom is 0.129 e. The summed E-state index contributed by atoms with van der Waals surface area (Å²) in [7, 11) is 3.55. The van der Waals surface area contributed by atoms with E-state index in [-0.39, 0.29) is 0 Å². The highest BCUT2D eigenvalue weighted by Crippen LogP contribution is 2.54. The lowest BCUT2D eigenvalue weighted by Crippen LogP contribution is -2.24. The molecule has 0 N–H and O–H groups in total. The summed E-state index contributed by atoms with van der Waals surface area (Å²) in [5.74, 6) is 2.91. The van der Waals surface area contributed by atoms with E-state index < -0.39 is 0 Å². The summed E-state index contributed by atoms with van der Waals surface area (Å²) in [4.78, 5) is 0. The van der Waals surface area contributed by atoms with Gasteiger partial charge in [0.1, 0.15) is 11.5 Å². The van der Waals surface area contributed by atoms with Crippen LogP contribution in [0.15, 0.2) is 37.4 Å². The average molecular weight is 375 g/mol. The monoisotopic (exact) mass is 374 g/mol. The van der Waals surface area contributed by atoms with Crippen LogP contribution >= 0.6 is 0 Å². The van der Waals surface area contributed by atoms with Crippen molar-refractivity contribution >= 4 is 12.2 Å². The molecule has 0 heterocycles. The van der Waals surface area contributed by atoms with Crippen molar-refractivity contribution in [3.8, 4) is 11.5 Å². The van der Waals surface area contributed by atoms with Gasteiger partial charge in [-0.3, -0.25) is 0 Å². The summed E-state index contributed by atoms with van der Waals surface area (Å²) in [6, 6.07) is 9.21. The summed E-state index contributed by atoms with van der Waals surface area (Å²) in [5, 5.41) is 0. The van der Waals surface area contributed by atoms with Gasteiger partial charge in [-0.15, -0.1) is 0 Å². The molecule has 0 amide bonds. The lowest BCUT2D eigenvalue weighted by Gasteiger charge is -2.39. The first-order valence-electron chi connectivity index (χ1n) is 10.4. The zero-order valence-electron chi connectivity index (χ0n) is 17.1. The van der Waals surface area contributed by atoms with Crippen molar-refractivity contribution in [3.63, 3.8) is 0 Å². The first-order valence-corrected chi connectivity index (χ1v) is 10.4. The molecule has 0 aliphatic heterocycles. The number of methoxy groups -OCH3 is 2. The third-order valence-electron chi connectivity index (χ3n) is 6.58. The highest BCUT2D eigenvalue weighted by molar-refractivity contribution is 5.63. The van der Waals surface area contributed by atoms with Gasteiger partial charge >= 0.3 is 0 Å². The minimum Gasteiger partial charge on any atom is -0.496 e. The summed E-state index contributed by atoms with van der Waals surface area (Å²) < 4.78 is 11.7. The number of rotatable bonds is 4. The number of fused-ring (bicyclic) bond motifs is 7. The van der Waals surface area contributed by atoms with Crippen molar-refractivity contribution in [2.45, 2.75) is 50.4 Å². The molecule has 4 bridgehead atoms. The minimum absolute atomic E-state index is 0.462. The largest absolute Gasteiger partial charge is 0.496 e. The Hall–Kier alpha value is -2.48. The van der Waals surface area contributed by atoms with Crippen molar-refractivity contribution in [3.05, 3.63) is 70.8 Å². The van der Waals surface area contributed by atoms with Crippen LogP contribution in [0.5, 0.6) is 11.5 Å². The lowest BCUT2D eigenvalue weighted by atomic mass is 9.65. The highest BCUT2D eigenvalue weighted by Gasteiger charge is 2.37. The molecule has 2 nitrogen and oxygen atoms in total. The Balaban J connectivity index is 1.88. The maximum atomic E-state index is 5.86. The lowest BCUT2D eigenvalue weighted by molar-refractivity contribution is 0.315. The van der Waals surface area contributed by atoms with Crippen molar-refractivity contribution in [1.82, 2.24) is 0 Å². The predicted octanol–water partition coefficient (Wildman–Crippen LogP) is 6.53. The third kappa shape index (κ3) is 3.15. The van der Waals surface area contributed by atoms with Gasteiger partial charge in [0.2, 0.25) is 0 Å². The predicted molar refractivity (Wildman–Crippen MR) is 118 cm³/mol. The molecular formula is C26H30O2. The molecule has 0 radical (unpaired) electrons. The normalized spacial score (nSPS) is 20.6. The molecule has 4 rings (SSSR count). The van der Waals surface area contributed by atoms with Crippen molar-refractivity contribution < 1.29 is 9.47 Å². The fourth-order valence-electron chi connectivity index (χ4n) is 4.97. The molecule has 0 spiro atoms. The molecule has 2 heteroatoms. The van der Waals surface area contributed by atoms with E-state index in [1.165, 1.54) is 53.5 Å². The Labute approximate surface area is 168 Å². The van der Waals surface area contributed by atoms with E-state index in [1.807, 2.05) is 12.2 Å². The zero-order valence-corrected chi connectivity index (χ0v) is 17.1. The van der Waals surface area contributed by atoms with Gasteiger partial charge in [-0.2, -0.15) is 0 Å². The Kier molecular flexibility index (Phi) is 5.30. The van der Waals surface area contributed by atoms with E-state index in [1.54, 1.807) is 14.2 Å². The SMILES string of the molecule is C=Cc1cc(OC)c2cc1CCCCc1cc(C=C)c(OC)c(c1)C1CCC21. The Morgan fingerprint density at radius 2 is 1.54 bits per heavy atom. The molecule has 1 saturated carbocycles. The second-order valence-electron chi connectivity index (χ2n) is 8.01. The first-order chi connectivity index (χ1) is 13.7. The van der Waals surface area contributed by atoms with Gasteiger partial charge < -0.3 is 9.47 Å². The Morgan fingerprint density at radius 3 is 2.18 bits per heavy atom. The smallest absolute Gasteiger partial charge is 0.129 e. The average Bonchev–Trinajstić information content (AvgIpc) is 2.69. The van der Waals surface area contributed by atoms with Gasteiger partial charge in [0.15, 0.2) is 0 Å². The number of ether oxygens (including phenoxy) is 2. The van der Waals surface area contributed by atoms with Gasteiger partial charge in [0, 0.05) is 5.56 Å². The molecule has 2 aliphatic rings. The van der Waals surface area contributed by atoms with Crippen LogP contribution in [-0.4, -0.2) is 14.2 Å². The van der Waals surface area contributed by atoms with E-state index in [2.05, 4.69) is 37.4 Å². The van der Waals surface area contributed by atoms with Gasteiger partial charge in [-0.1, -0.05) is 37.4 Å². The third-order valence-corrected chi connectivity index (χ3v) is 6.58. The van der Waals surface area contributed by atoms with Crippen LogP contribution in [-0.2, 0) is 12.8 Å². The van der Waals surface area contributed by atoms with Crippen LogP contribution in [0.25, 0.3) is 12.2 Å². The standard InChI is InChI=1S/C26H30O2/c1-5-18-16-25(27-3)23-15-20(18)10-8-7-9-17-13-19(6-2)26(28-4)24(14-17)22-12-11-21(22)23/h5-6,13-16,21-22H,1-2,7-12H2,3-4H3. The second kappa shape index (κ2) is 7.87. The molecule has 146 valence electrons. The van der Waals surface area contributed by atoms with Crippen molar-refractivity contribution in [1.29, 1.82) is 0 Å². The van der Waals surface area contributed by atoms with E-state index >= 15 is 0 Å². The number of benzene rings is 2. The highest BCUT2D eigenvalue weighted by atomic mass is 16.5. The van der Waals surface area contributed by atoms with E-state index in [4.69, 9.17) is 9.47 Å². The van der Waals surface area contributed by atoms with E-state index in [9.17, 15) is 0 Å². The Bertz CT molecular complexity index is 909. The van der Waals surface area contributed by atoms with Crippen LogP contribution in [0.4, 0.5) is 0 Å².